The summed E-state index contributed by atoms with van der Waals surface area (Å²) >= 11 is 0. The Bertz CT molecular complexity index is 1030. The second-order valence-corrected chi connectivity index (χ2v) is 7.78. The van der Waals surface area contributed by atoms with Gasteiger partial charge in [-0.25, -0.2) is 0 Å². The first-order chi connectivity index (χ1) is 14.9. The molecule has 0 aliphatic rings. The summed E-state index contributed by atoms with van der Waals surface area (Å²) in [5.41, 5.74) is 8.03. The van der Waals surface area contributed by atoms with Gasteiger partial charge in [0.2, 0.25) is 0 Å². The molecule has 0 radical (unpaired) electrons. The molecule has 1 unspecified atom stereocenters. The van der Waals surface area contributed by atoms with E-state index in [1.54, 1.807) is 0 Å². The van der Waals surface area contributed by atoms with Crippen LogP contribution in [0.2, 0.25) is 0 Å². The molecule has 0 heterocycles. The molecule has 0 spiro atoms. The molecular formula is C26H29ClN2O3. The molecule has 5 nitrogen and oxygen atoms in total. The number of Topliss-reactive ketones (excluding diaryl/α,β-unsaturated/α-hetero) is 1. The maximum absolute atomic E-state index is 13.0. The standard InChI is InChI=1S/C26H28N2O3.ClH/c1-19(12-13-20-8-4-2-5-9-20)28(17-21-10-6-3-7-11-21)18-25(30)22-14-15-24(29)23(16-22)26(27)31;/h2-11,14-16,19,29H,12-13,17-18H2,1H3,(H2,27,31);1H. The van der Waals surface area contributed by atoms with Gasteiger partial charge < -0.3 is 10.8 Å². The third kappa shape index (κ3) is 6.94. The Morgan fingerprint density at radius 1 is 0.938 bits per heavy atom. The Morgan fingerprint density at radius 3 is 2.12 bits per heavy atom. The van der Waals surface area contributed by atoms with E-state index in [9.17, 15) is 14.7 Å². The van der Waals surface area contributed by atoms with Gasteiger partial charge in [-0.05, 0) is 49.1 Å². The lowest BCUT2D eigenvalue weighted by atomic mass is 10.0. The minimum atomic E-state index is -0.760. The van der Waals surface area contributed by atoms with Crippen LogP contribution in [0.15, 0.2) is 78.9 Å². The van der Waals surface area contributed by atoms with Crippen LogP contribution < -0.4 is 5.73 Å². The van der Waals surface area contributed by atoms with Gasteiger partial charge in [-0.15, -0.1) is 12.4 Å². The fourth-order valence-corrected chi connectivity index (χ4v) is 3.57. The van der Waals surface area contributed by atoms with Crippen LogP contribution >= 0.6 is 12.4 Å². The van der Waals surface area contributed by atoms with Crippen molar-refractivity contribution in [3.8, 4) is 5.75 Å². The van der Waals surface area contributed by atoms with Crippen molar-refractivity contribution in [1.82, 2.24) is 4.90 Å². The average molecular weight is 453 g/mol. The van der Waals surface area contributed by atoms with Crippen LogP contribution in [0.3, 0.4) is 0 Å². The monoisotopic (exact) mass is 452 g/mol. The first kappa shape index (κ1) is 25.1. The quantitative estimate of drug-likeness (QED) is 0.439. The van der Waals surface area contributed by atoms with Crippen molar-refractivity contribution in [3.05, 3.63) is 101 Å². The van der Waals surface area contributed by atoms with Crippen molar-refractivity contribution in [2.24, 2.45) is 5.73 Å². The van der Waals surface area contributed by atoms with Crippen molar-refractivity contribution in [3.63, 3.8) is 0 Å². The zero-order valence-corrected chi connectivity index (χ0v) is 18.9. The van der Waals surface area contributed by atoms with E-state index in [1.807, 2.05) is 48.5 Å². The number of halogens is 1. The largest absolute Gasteiger partial charge is 0.507 e. The fourth-order valence-electron chi connectivity index (χ4n) is 3.57. The summed E-state index contributed by atoms with van der Waals surface area (Å²) in [5.74, 6) is -1.10. The van der Waals surface area contributed by atoms with Crippen LogP contribution in [0.5, 0.6) is 5.75 Å². The third-order valence-electron chi connectivity index (χ3n) is 5.48. The summed E-state index contributed by atoms with van der Waals surface area (Å²) in [4.78, 5) is 26.7. The van der Waals surface area contributed by atoms with Crippen molar-refractivity contribution < 1.29 is 14.7 Å². The number of primary amides is 1. The number of aromatic hydroxyl groups is 1. The SMILES string of the molecule is CC(CCc1ccccc1)N(CC(=O)c1ccc(O)c(C(N)=O)c1)Cc1ccccc1.Cl. The maximum Gasteiger partial charge on any atom is 0.252 e. The van der Waals surface area contributed by atoms with Crippen LogP contribution in [-0.4, -0.2) is 34.3 Å². The van der Waals surface area contributed by atoms with Gasteiger partial charge in [0, 0.05) is 18.2 Å². The molecule has 3 rings (SSSR count). The first-order valence-electron chi connectivity index (χ1n) is 10.4. The summed E-state index contributed by atoms with van der Waals surface area (Å²) < 4.78 is 0. The van der Waals surface area contributed by atoms with E-state index in [4.69, 9.17) is 5.73 Å². The number of nitrogens with two attached hydrogens (primary N) is 1. The number of rotatable bonds is 10. The minimum absolute atomic E-state index is 0. The molecule has 1 atom stereocenters. The number of carbonyl (C=O) groups excluding carboxylic acids is 2. The number of nitrogens with zero attached hydrogens (tertiary/aromatic N) is 1. The third-order valence-corrected chi connectivity index (χ3v) is 5.48. The Morgan fingerprint density at radius 2 is 1.53 bits per heavy atom. The molecule has 0 bridgehead atoms. The van der Waals surface area contributed by atoms with Gasteiger partial charge in [0.05, 0.1) is 12.1 Å². The van der Waals surface area contributed by atoms with Gasteiger partial charge in [0.1, 0.15) is 5.75 Å². The predicted molar refractivity (Wildman–Crippen MR) is 129 cm³/mol. The number of carbonyl (C=O) groups is 2. The molecule has 0 saturated heterocycles. The van der Waals surface area contributed by atoms with Gasteiger partial charge in [0.15, 0.2) is 5.78 Å². The van der Waals surface area contributed by atoms with Crippen molar-refractivity contribution in [2.75, 3.05) is 6.54 Å². The lowest BCUT2D eigenvalue weighted by Gasteiger charge is -2.29. The Hall–Kier alpha value is -3.15. The van der Waals surface area contributed by atoms with E-state index in [2.05, 4.69) is 24.0 Å². The zero-order valence-electron chi connectivity index (χ0n) is 18.1. The molecule has 0 aliphatic carbocycles. The van der Waals surface area contributed by atoms with Gasteiger partial charge in [-0.2, -0.15) is 0 Å². The summed E-state index contributed by atoms with van der Waals surface area (Å²) in [7, 11) is 0. The van der Waals surface area contributed by atoms with Crippen molar-refractivity contribution in [2.45, 2.75) is 32.4 Å². The second kappa shape index (κ2) is 12.0. The number of aryl methyl sites for hydroxylation is 1. The number of benzene rings is 3. The highest BCUT2D eigenvalue weighted by molar-refractivity contribution is 6.02. The average Bonchev–Trinajstić information content (AvgIpc) is 2.78. The van der Waals surface area contributed by atoms with E-state index in [0.29, 0.717) is 12.1 Å². The smallest absolute Gasteiger partial charge is 0.252 e. The molecular weight excluding hydrogens is 424 g/mol. The summed E-state index contributed by atoms with van der Waals surface area (Å²) in [6.07, 6.45) is 1.83. The fraction of sp³-hybridized carbons (Fsp3) is 0.231. The molecule has 0 fully saturated rings. The molecule has 0 aromatic heterocycles. The van der Waals surface area contributed by atoms with Crippen molar-refractivity contribution in [1.29, 1.82) is 0 Å². The van der Waals surface area contributed by atoms with Gasteiger partial charge in [-0.1, -0.05) is 60.7 Å². The van der Waals surface area contributed by atoms with E-state index in [1.165, 1.54) is 23.8 Å². The number of ketones is 1. The molecule has 32 heavy (non-hydrogen) atoms. The lowest BCUT2D eigenvalue weighted by molar-refractivity contribution is 0.0884. The molecule has 0 aliphatic heterocycles. The van der Waals surface area contributed by atoms with Gasteiger partial charge in [-0.3, -0.25) is 14.5 Å². The van der Waals surface area contributed by atoms with E-state index >= 15 is 0 Å². The first-order valence-corrected chi connectivity index (χ1v) is 10.4. The van der Waals surface area contributed by atoms with Crippen LogP contribution in [0.1, 0.15) is 45.2 Å². The van der Waals surface area contributed by atoms with E-state index in [-0.39, 0.29) is 42.1 Å². The molecule has 168 valence electrons. The second-order valence-electron chi connectivity index (χ2n) is 7.78. The number of hydrogen-bond donors (Lipinski definition) is 2. The summed E-state index contributed by atoms with van der Waals surface area (Å²) in [6.45, 7) is 2.97. The summed E-state index contributed by atoms with van der Waals surface area (Å²) in [6, 6.07) is 24.7. The Labute approximate surface area is 195 Å². The number of phenols is 1. The zero-order chi connectivity index (χ0) is 22.2. The van der Waals surface area contributed by atoms with Gasteiger partial charge >= 0.3 is 0 Å². The molecule has 0 saturated carbocycles. The molecule has 3 N–H and O–H groups in total. The Kier molecular flexibility index (Phi) is 9.44. The lowest BCUT2D eigenvalue weighted by Crippen LogP contribution is -2.37. The maximum atomic E-state index is 13.0. The van der Waals surface area contributed by atoms with E-state index < -0.39 is 5.91 Å². The van der Waals surface area contributed by atoms with Crippen LogP contribution in [0, 0.1) is 0 Å². The molecule has 3 aromatic carbocycles. The molecule has 1 amide bonds. The predicted octanol–water partition coefficient (Wildman–Crippen LogP) is 4.62. The molecule has 6 heteroatoms. The summed E-state index contributed by atoms with van der Waals surface area (Å²) in [5, 5.41) is 9.81. The number of hydrogen-bond acceptors (Lipinski definition) is 4. The Balaban J connectivity index is 0.00000363. The van der Waals surface area contributed by atoms with Crippen LogP contribution in [-0.2, 0) is 13.0 Å². The highest BCUT2D eigenvalue weighted by Crippen LogP contribution is 2.20. The van der Waals surface area contributed by atoms with Crippen LogP contribution in [0.4, 0.5) is 0 Å². The highest BCUT2D eigenvalue weighted by atomic mass is 35.5. The number of amides is 1. The van der Waals surface area contributed by atoms with Crippen molar-refractivity contribution >= 4 is 24.1 Å². The molecule has 3 aromatic rings. The normalized spacial score (nSPS) is 11.6. The van der Waals surface area contributed by atoms with E-state index in [0.717, 1.165) is 18.4 Å². The highest BCUT2D eigenvalue weighted by Gasteiger charge is 2.20. The minimum Gasteiger partial charge on any atom is -0.507 e. The topological polar surface area (TPSA) is 83.6 Å². The van der Waals surface area contributed by atoms with Crippen LogP contribution in [0.25, 0.3) is 0 Å². The van der Waals surface area contributed by atoms with Gasteiger partial charge in [0.25, 0.3) is 5.91 Å².